The minimum absolute atomic E-state index is 0.206. The van der Waals surface area contributed by atoms with Gasteiger partial charge >= 0.3 is 5.97 Å². The van der Waals surface area contributed by atoms with Gasteiger partial charge < -0.3 is 9.47 Å². The molecule has 0 saturated carbocycles. The molecule has 0 fully saturated rings. The molecule has 0 unspecified atom stereocenters. The molecule has 0 heterocycles. The lowest BCUT2D eigenvalue weighted by Gasteiger charge is -2.15. The first kappa shape index (κ1) is 19.4. The number of carbonyl (C=O) groups excluding carboxylic acids is 1. The van der Waals surface area contributed by atoms with Gasteiger partial charge in [0.2, 0.25) is 0 Å². The van der Waals surface area contributed by atoms with Crippen molar-refractivity contribution >= 4 is 40.8 Å². The van der Waals surface area contributed by atoms with Gasteiger partial charge in [0.25, 0.3) is 0 Å². The third kappa shape index (κ3) is 6.64. The van der Waals surface area contributed by atoms with E-state index in [1.807, 2.05) is 0 Å². The molecular formula is C16H21Cl3O3. The molecular weight excluding hydrogens is 347 g/mol. The first-order chi connectivity index (χ1) is 10.5. The van der Waals surface area contributed by atoms with E-state index in [0.717, 1.165) is 25.7 Å². The van der Waals surface area contributed by atoms with E-state index in [-0.39, 0.29) is 6.61 Å². The second-order valence-electron chi connectivity index (χ2n) is 5.08. The van der Waals surface area contributed by atoms with E-state index in [1.54, 1.807) is 0 Å². The quantitative estimate of drug-likeness (QED) is 0.409. The largest absolute Gasteiger partial charge is 0.480 e. The Kier molecular flexibility index (Phi) is 8.99. The van der Waals surface area contributed by atoms with Crippen molar-refractivity contribution < 1.29 is 14.3 Å². The van der Waals surface area contributed by atoms with Gasteiger partial charge in [-0.1, -0.05) is 67.9 Å². The summed E-state index contributed by atoms with van der Waals surface area (Å²) in [6, 6.07) is 2.96. The van der Waals surface area contributed by atoms with Crippen molar-refractivity contribution in [2.75, 3.05) is 13.2 Å². The van der Waals surface area contributed by atoms with Crippen LogP contribution in [0.1, 0.15) is 39.5 Å². The number of ether oxygens (including phenoxy) is 2. The molecule has 0 bridgehead atoms. The first-order valence-electron chi connectivity index (χ1n) is 7.40. The fourth-order valence-corrected chi connectivity index (χ4v) is 2.49. The Morgan fingerprint density at radius 1 is 1.14 bits per heavy atom. The highest BCUT2D eigenvalue weighted by Gasteiger charge is 2.12. The summed E-state index contributed by atoms with van der Waals surface area (Å²) >= 11 is 17.7. The van der Waals surface area contributed by atoms with Gasteiger partial charge in [-0.25, -0.2) is 4.79 Å². The Morgan fingerprint density at radius 2 is 1.82 bits per heavy atom. The predicted octanol–water partition coefficient (Wildman–Crippen LogP) is 5.79. The summed E-state index contributed by atoms with van der Waals surface area (Å²) < 4.78 is 10.6. The van der Waals surface area contributed by atoms with Crippen LogP contribution in [-0.2, 0) is 9.53 Å². The van der Waals surface area contributed by atoms with Crippen molar-refractivity contribution in [3.05, 3.63) is 27.2 Å². The zero-order chi connectivity index (χ0) is 16.5. The minimum atomic E-state index is -0.419. The molecule has 0 aromatic heterocycles. The average molecular weight is 368 g/mol. The summed E-state index contributed by atoms with van der Waals surface area (Å²) in [4.78, 5) is 11.7. The topological polar surface area (TPSA) is 35.5 Å². The smallest absolute Gasteiger partial charge is 0.344 e. The fraction of sp³-hybridized carbons (Fsp3) is 0.562. The van der Waals surface area contributed by atoms with Crippen LogP contribution in [0.5, 0.6) is 5.75 Å². The molecule has 0 aliphatic rings. The number of halogens is 3. The highest BCUT2D eigenvalue weighted by Crippen LogP contribution is 2.33. The second kappa shape index (κ2) is 10.2. The summed E-state index contributed by atoms with van der Waals surface area (Å²) in [5.74, 6) is 0.292. The number of carbonyl (C=O) groups is 1. The van der Waals surface area contributed by atoms with Crippen LogP contribution in [0, 0.1) is 5.92 Å². The van der Waals surface area contributed by atoms with Crippen LogP contribution in [0.25, 0.3) is 0 Å². The maximum absolute atomic E-state index is 11.7. The van der Waals surface area contributed by atoms with E-state index in [2.05, 4.69) is 13.8 Å². The van der Waals surface area contributed by atoms with Crippen LogP contribution in [-0.4, -0.2) is 19.2 Å². The maximum Gasteiger partial charge on any atom is 0.344 e. The third-order valence-electron chi connectivity index (χ3n) is 3.34. The molecule has 22 heavy (non-hydrogen) atoms. The predicted molar refractivity (Wildman–Crippen MR) is 91.2 cm³/mol. The Morgan fingerprint density at radius 3 is 2.45 bits per heavy atom. The molecule has 1 rings (SSSR count). The molecule has 1 aromatic carbocycles. The standard InChI is InChI=1S/C16H21Cl3O3/c1-3-5-6-11(4-2)9-22-16(20)10-21-15-8-13(18)12(17)7-14(15)19/h7-8,11H,3-6,9-10H2,1-2H3/t11-/m1/s1. The third-order valence-corrected chi connectivity index (χ3v) is 4.36. The summed E-state index contributed by atoms with van der Waals surface area (Å²) in [5, 5.41) is 0.958. The summed E-state index contributed by atoms with van der Waals surface area (Å²) in [5.41, 5.74) is 0. The van der Waals surface area contributed by atoms with Crippen molar-refractivity contribution in [1.29, 1.82) is 0 Å². The summed E-state index contributed by atoms with van der Waals surface area (Å²) in [6.45, 7) is 4.46. The van der Waals surface area contributed by atoms with Crippen LogP contribution in [0.2, 0.25) is 15.1 Å². The van der Waals surface area contributed by atoms with E-state index < -0.39 is 5.97 Å². The van der Waals surface area contributed by atoms with E-state index in [1.165, 1.54) is 12.1 Å². The lowest BCUT2D eigenvalue weighted by atomic mass is 10.0. The molecule has 1 atom stereocenters. The number of rotatable bonds is 9. The minimum Gasteiger partial charge on any atom is -0.480 e. The molecule has 0 saturated heterocycles. The highest BCUT2D eigenvalue weighted by atomic mass is 35.5. The Bertz CT molecular complexity index is 492. The molecule has 3 nitrogen and oxygen atoms in total. The van der Waals surface area contributed by atoms with Gasteiger partial charge in [-0.05, 0) is 18.4 Å². The Balaban J connectivity index is 2.41. The van der Waals surface area contributed by atoms with Gasteiger partial charge in [0.05, 0.1) is 21.7 Å². The van der Waals surface area contributed by atoms with Gasteiger partial charge in [-0.2, -0.15) is 0 Å². The number of unbranched alkanes of at least 4 members (excludes halogenated alkanes) is 1. The lowest BCUT2D eigenvalue weighted by molar-refractivity contribution is -0.147. The molecule has 0 radical (unpaired) electrons. The van der Waals surface area contributed by atoms with Gasteiger partial charge in [-0.3, -0.25) is 0 Å². The summed E-state index contributed by atoms with van der Waals surface area (Å²) in [6.07, 6.45) is 4.35. The van der Waals surface area contributed by atoms with Gasteiger partial charge in [0.15, 0.2) is 6.61 Å². The van der Waals surface area contributed by atoms with Crippen LogP contribution >= 0.6 is 34.8 Å². The monoisotopic (exact) mass is 366 g/mol. The van der Waals surface area contributed by atoms with Crippen molar-refractivity contribution in [1.82, 2.24) is 0 Å². The molecule has 124 valence electrons. The second-order valence-corrected chi connectivity index (χ2v) is 6.31. The first-order valence-corrected chi connectivity index (χ1v) is 8.54. The summed E-state index contributed by atoms with van der Waals surface area (Å²) in [7, 11) is 0. The number of esters is 1. The Hall–Kier alpha value is -0.640. The molecule has 0 amide bonds. The molecule has 0 aliphatic heterocycles. The highest BCUT2D eigenvalue weighted by molar-refractivity contribution is 6.43. The van der Waals surface area contributed by atoms with Crippen molar-refractivity contribution in [3.63, 3.8) is 0 Å². The van der Waals surface area contributed by atoms with Gasteiger partial charge in [0.1, 0.15) is 5.75 Å². The maximum atomic E-state index is 11.7. The van der Waals surface area contributed by atoms with Crippen LogP contribution in [0.3, 0.4) is 0 Å². The molecule has 0 aliphatic carbocycles. The number of hydrogen-bond donors (Lipinski definition) is 0. The number of hydrogen-bond acceptors (Lipinski definition) is 3. The van der Waals surface area contributed by atoms with Crippen molar-refractivity contribution in [2.24, 2.45) is 5.92 Å². The van der Waals surface area contributed by atoms with Crippen molar-refractivity contribution in [2.45, 2.75) is 39.5 Å². The van der Waals surface area contributed by atoms with Crippen LogP contribution < -0.4 is 4.74 Å². The van der Waals surface area contributed by atoms with Gasteiger partial charge in [0, 0.05) is 6.07 Å². The molecule has 0 spiro atoms. The van der Waals surface area contributed by atoms with Gasteiger partial charge in [-0.15, -0.1) is 0 Å². The average Bonchev–Trinajstić information content (AvgIpc) is 2.49. The number of benzene rings is 1. The van der Waals surface area contributed by atoms with E-state index in [9.17, 15) is 4.79 Å². The zero-order valence-electron chi connectivity index (χ0n) is 12.8. The lowest BCUT2D eigenvalue weighted by Crippen LogP contribution is -2.19. The molecule has 0 N–H and O–H groups in total. The van der Waals surface area contributed by atoms with Crippen LogP contribution in [0.4, 0.5) is 0 Å². The van der Waals surface area contributed by atoms with Crippen molar-refractivity contribution in [3.8, 4) is 5.75 Å². The van der Waals surface area contributed by atoms with E-state index in [0.29, 0.717) is 33.3 Å². The molecule has 6 heteroatoms. The fourth-order valence-electron chi connectivity index (χ4n) is 1.90. The van der Waals surface area contributed by atoms with E-state index >= 15 is 0 Å². The molecule has 1 aromatic rings. The zero-order valence-corrected chi connectivity index (χ0v) is 15.1. The Labute approximate surface area is 146 Å². The normalized spacial score (nSPS) is 12.0. The van der Waals surface area contributed by atoms with Crippen LogP contribution in [0.15, 0.2) is 12.1 Å². The SMILES string of the molecule is CCCC[C@@H](CC)COC(=O)COc1cc(Cl)c(Cl)cc1Cl. The van der Waals surface area contributed by atoms with E-state index in [4.69, 9.17) is 44.3 Å².